The fourth-order valence-electron chi connectivity index (χ4n) is 2.09. The number of aromatic nitrogens is 1. The maximum Gasteiger partial charge on any atom is 0.196 e. The molecule has 1 unspecified atom stereocenters. The minimum absolute atomic E-state index is 0.0622. The Balaban J connectivity index is 2.03. The number of carbonyl (C=O) groups is 1. The zero-order chi connectivity index (χ0) is 12.5. The highest BCUT2D eigenvalue weighted by Crippen LogP contribution is 2.22. The second-order valence-corrected chi connectivity index (χ2v) is 6.73. The number of Topliss-reactive ketones (excluding diaryl/α,β-unsaturated/α-hetero) is 1. The largest absolute Gasteiger partial charge is 0.438 e. The van der Waals surface area contributed by atoms with Gasteiger partial charge in [0.1, 0.15) is 0 Å². The Morgan fingerprint density at radius 1 is 1.59 bits per heavy atom. The van der Waals surface area contributed by atoms with Gasteiger partial charge in [-0.2, -0.15) is 0 Å². The van der Waals surface area contributed by atoms with Crippen molar-refractivity contribution < 1.29 is 17.6 Å². The van der Waals surface area contributed by atoms with Crippen molar-refractivity contribution in [2.75, 3.05) is 11.5 Å². The van der Waals surface area contributed by atoms with Crippen molar-refractivity contribution in [1.29, 1.82) is 0 Å². The second-order valence-electron chi connectivity index (χ2n) is 4.50. The molecule has 0 N–H and O–H groups in total. The highest BCUT2D eigenvalue weighted by atomic mass is 32.2. The summed E-state index contributed by atoms with van der Waals surface area (Å²) in [6.45, 7) is 1.41. The molecule has 1 aliphatic rings. The summed E-state index contributed by atoms with van der Waals surface area (Å²) in [6.07, 6.45) is 3.46. The summed E-state index contributed by atoms with van der Waals surface area (Å²) in [7, 11) is -2.90. The molecule has 0 radical (unpaired) electrons. The second kappa shape index (κ2) is 4.60. The van der Waals surface area contributed by atoms with Crippen LogP contribution in [0.1, 0.15) is 36.2 Å². The molecule has 0 aromatic carbocycles. The molecule has 1 fully saturated rings. The van der Waals surface area contributed by atoms with Gasteiger partial charge in [-0.3, -0.25) is 4.79 Å². The Hall–Kier alpha value is -1.17. The lowest BCUT2D eigenvalue weighted by Gasteiger charge is -2.20. The molecule has 1 aliphatic heterocycles. The molecule has 1 saturated heterocycles. The van der Waals surface area contributed by atoms with E-state index in [1.54, 1.807) is 0 Å². The molecule has 1 aromatic heterocycles. The molecular formula is C11H15NO4S. The molecule has 0 spiro atoms. The van der Waals surface area contributed by atoms with Crippen molar-refractivity contribution in [2.24, 2.45) is 5.92 Å². The van der Waals surface area contributed by atoms with Gasteiger partial charge < -0.3 is 4.42 Å². The summed E-state index contributed by atoms with van der Waals surface area (Å²) < 4.78 is 28.2. The molecule has 1 aromatic rings. The van der Waals surface area contributed by atoms with Crippen LogP contribution in [0.2, 0.25) is 0 Å². The van der Waals surface area contributed by atoms with E-state index < -0.39 is 9.84 Å². The van der Waals surface area contributed by atoms with Gasteiger partial charge in [-0.25, -0.2) is 13.4 Å². The lowest BCUT2D eigenvalue weighted by molar-refractivity contribution is 0.0985. The topological polar surface area (TPSA) is 77.2 Å². The average molecular weight is 257 g/mol. The van der Waals surface area contributed by atoms with Crippen LogP contribution in [-0.4, -0.2) is 30.7 Å². The molecule has 1 atom stereocenters. The SMILES string of the molecule is CC(=O)c1cnc(CC2CCCS(=O)(=O)C2)o1. The fourth-order valence-corrected chi connectivity index (χ4v) is 3.87. The first-order chi connectivity index (χ1) is 7.96. The third-order valence-electron chi connectivity index (χ3n) is 2.92. The van der Waals surface area contributed by atoms with Crippen LogP contribution in [0.25, 0.3) is 0 Å². The van der Waals surface area contributed by atoms with E-state index in [2.05, 4.69) is 4.98 Å². The lowest BCUT2D eigenvalue weighted by atomic mass is 10.0. The summed E-state index contributed by atoms with van der Waals surface area (Å²) in [5.74, 6) is 1.07. The van der Waals surface area contributed by atoms with E-state index >= 15 is 0 Å². The molecule has 0 aliphatic carbocycles. The Kier molecular flexibility index (Phi) is 3.33. The van der Waals surface area contributed by atoms with Crippen LogP contribution >= 0.6 is 0 Å². The van der Waals surface area contributed by atoms with E-state index in [0.717, 1.165) is 6.42 Å². The minimum atomic E-state index is -2.90. The highest BCUT2D eigenvalue weighted by molar-refractivity contribution is 7.91. The third-order valence-corrected chi connectivity index (χ3v) is 4.81. The smallest absolute Gasteiger partial charge is 0.196 e. The van der Waals surface area contributed by atoms with Gasteiger partial charge in [0, 0.05) is 13.3 Å². The predicted molar refractivity (Wildman–Crippen MR) is 61.6 cm³/mol. The fraction of sp³-hybridized carbons (Fsp3) is 0.636. The van der Waals surface area contributed by atoms with Crippen molar-refractivity contribution >= 4 is 15.6 Å². The van der Waals surface area contributed by atoms with Gasteiger partial charge in [0.15, 0.2) is 27.3 Å². The van der Waals surface area contributed by atoms with Crippen LogP contribution < -0.4 is 0 Å². The van der Waals surface area contributed by atoms with Crippen molar-refractivity contribution in [1.82, 2.24) is 4.98 Å². The molecular weight excluding hydrogens is 242 g/mol. The first kappa shape index (κ1) is 12.3. The maximum atomic E-state index is 11.5. The number of oxazole rings is 1. The molecule has 94 valence electrons. The van der Waals surface area contributed by atoms with Gasteiger partial charge in [-0.15, -0.1) is 0 Å². The Bertz CT molecular complexity index is 517. The first-order valence-corrected chi connectivity index (χ1v) is 7.44. The van der Waals surface area contributed by atoms with Gasteiger partial charge in [0.25, 0.3) is 0 Å². The zero-order valence-electron chi connectivity index (χ0n) is 9.68. The van der Waals surface area contributed by atoms with Crippen LogP contribution in [0.15, 0.2) is 10.6 Å². The van der Waals surface area contributed by atoms with Gasteiger partial charge in [0.2, 0.25) is 0 Å². The van der Waals surface area contributed by atoms with Crippen molar-refractivity contribution in [3.05, 3.63) is 17.8 Å². The number of nitrogens with zero attached hydrogens (tertiary/aromatic N) is 1. The van der Waals surface area contributed by atoms with E-state index in [1.165, 1.54) is 13.1 Å². The molecule has 0 saturated carbocycles. The molecule has 0 bridgehead atoms. The quantitative estimate of drug-likeness (QED) is 0.761. The minimum Gasteiger partial charge on any atom is -0.438 e. The number of rotatable bonds is 3. The number of ketones is 1. The molecule has 2 rings (SSSR count). The number of hydrogen-bond donors (Lipinski definition) is 0. The normalized spacial score (nSPS) is 23.5. The monoisotopic (exact) mass is 257 g/mol. The van der Waals surface area contributed by atoms with Crippen molar-refractivity contribution in [3.8, 4) is 0 Å². The Labute approximate surface area is 100 Å². The first-order valence-electron chi connectivity index (χ1n) is 5.62. The van der Waals surface area contributed by atoms with E-state index in [4.69, 9.17) is 4.42 Å². The van der Waals surface area contributed by atoms with Crippen LogP contribution in [0.3, 0.4) is 0 Å². The summed E-state index contributed by atoms with van der Waals surface area (Å²) in [6, 6.07) is 0. The summed E-state index contributed by atoms with van der Waals surface area (Å²) in [5, 5.41) is 0. The van der Waals surface area contributed by atoms with Crippen LogP contribution in [0.4, 0.5) is 0 Å². The Morgan fingerprint density at radius 2 is 2.35 bits per heavy atom. The number of sulfone groups is 1. The average Bonchev–Trinajstić information content (AvgIpc) is 2.64. The van der Waals surface area contributed by atoms with Gasteiger partial charge >= 0.3 is 0 Å². The van der Waals surface area contributed by atoms with Crippen LogP contribution in [0, 0.1) is 5.92 Å². The molecule has 0 amide bonds. The standard InChI is InChI=1S/C11H15NO4S/c1-8(13)10-6-12-11(16-10)5-9-3-2-4-17(14,15)7-9/h6,9H,2-5,7H2,1H3. The van der Waals surface area contributed by atoms with Crippen LogP contribution in [0.5, 0.6) is 0 Å². The molecule has 17 heavy (non-hydrogen) atoms. The molecule has 6 heteroatoms. The Morgan fingerprint density at radius 3 is 2.94 bits per heavy atom. The lowest BCUT2D eigenvalue weighted by Crippen LogP contribution is -2.26. The van der Waals surface area contributed by atoms with Crippen LogP contribution in [-0.2, 0) is 16.3 Å². The van der Waals surface area contributed by atoms with Gasteiger partial charge in [-0.05, 0) is 18.8 Å². The molecule has 5 nitrogen and oxygen atoms in total. The summed E-state index contributed by atoms with van der Waals surface area (Å²) in [4.78, 5) is 15.0. The van der Waals surface area contributed by atoms with Gasteiger partial charge in [-0.1, -0.05) is 0 Å². The number of hydrogen-bond acceptors (Lipinski definition) is 5. The van der Waals surface area contributed by atoms with E-state index in [-0.39, 0.29) is 29.0 Å². The maximum absolute atomic E-state index is 11.5. The van der Waals surface area contributed by atoms with E-state index in [9.17, 15) is 13.2 Å². The van der Waals surface area contributed by atoms with E-state index in [1.807, 2.05) is 0 Å². The predicted octanol–water partition coefficient (Wildman–Crippen LogP) is 1.24. The molecule has 2 heterocycles. The third kappa shape index (κ3) is 3.15. The zero-order valence-corrected chi connectivity index (χ0v) is 10.5. The summed E-state index contributed by atoms with van der Waals surface area (Å²) >= 11 is 0. The van der Waals surface area contributed by atoms with E-state index in [0.29, 0.717) is 18.7 Å². The summed E-state index contributed by atoms with van der Waals surface area (Å²) in [5.41, 5.74) is 0. The van der Waals surface area contributed by atoms with Crippen molar-refractivity contribution in [2.45, 2.75) is 26.2 Å². The van der Waals surface area contributed by atoms with Crippen molar-refractivity contribution in [3.63, 3.8) is 0 Å². The highest BCUT2D eigenvalue weighted by Gasteiger charge is 2.26. The number of carbonyl (C=O) groups excluding carboxylic acids is 1. The van der Waals surface area contributed by atoms with Gasteiger partial charge in [0.05, 0.1) is 17.7 Å².